The van der Waals surface area contributed by atoms with Crippen LogP contribution in [0.1, 0.15) is 12.8 Å². The van der Waals surface area contributed by atoms with Gasteiger partial charge in [-0.05, 0) is 47.6 Å². The first-order valence-corrected chi connectivity index (χ1v) is 8.54. The molecule has 0 aliphatic carbocycles. The minimum absolute atomic E-state index is 0.0134. The first kappa shape index (κ1) is 15.0. The average molecular weight is 397 g/mol. The third kappa shape index (κ3) is 3.80. The number of hydrogen-bond donors (Lipinski definition) is 1. The van der Waals surface area contributed by atoms with E-state index in [4.69, 9.17) is 9.47 Å². The van der Waals surface area contributed by atoms with Gasteiger partial charge in [0.1, 0.15) is 5.75 Å². The molecular weight excluding hydrogens is 381 g/mol. The van der Waals surface area contributed by atoms with Crippen LogP contribution in [-0.4, -0.2) is 34.8 Å². The molecule has 1 N–H and O–H groups in total. The summed E-state index contributed by atoms with van der Waals surface area (Å²) < 4.78 is 38.3. The molecule has 1 fully saturated rings. The minimum Gasteiger partial charge on any atom is -0.496 e. The molecule has 1 saturated heterocycles. The molecule has 1 aromatic carbocycles. The molecule has 1 heterocycles. The number of halogens is 1. The van der Waals surface area contributed by atoms with Gasteiger partial charge in [-0.1, -0.05) is 0 Å². The van der Waals surface area contributed by atoms with E-state index in [0.29, 0.717) is 18.9 Å². The van der Waals surface area contributed by atoms with Gasteiger partial charge in [0, 0.05) is 19.2 Å². The predicted molar refractivity (Wildman–Crippen MR) is 79.9 cm³/mol. The van der Waals surface area contributed by atoms with E-state index in [9.17, 15) is 8.42 Å². The molecule has 5 nitrogen and oxygen atoms in total. The predicted octanol–water partition coefficient (Wildman–Crippen LogP) is 1.76. The molecule has 106 valence electrons. The summed E-state index contributed by atoms with van der Waals surface area (Å²) in [5.74, 6) is 0.556. The van der Waals surface area contributed by atoms with Crippen molar-refractivity contribution >= 4 is 32.6 Å². The lowest BCUT2D eigenvalue weighted by atomic mass is 10.2. The van der Waals surface area contributed by atoms with Gasteiger partial charge in [-0.15, -0.1) is 0 Å². The Labute approximate surface area is 126 Å². The second-order valence-electron chi connectivity index (χ2n) is 4.28. The highest BCUT2D eigenvalue weighted by molar-refractivity contribution is 14.1. The van der Waals surface area contributed by atoms with E-state index in [1.807, 2.05) is 0 Å². The van der Waals surface area contributed by atoms with Gasteiger partial charge in [0.15, 0.2) is 0 Å². The van der Waals surface area contributed by atoms with Gasteiger partial charge in [0.25, 0.3) is 0 Å². The zero-order valence-corrected chi connectivity index (χ0v) is 13.5. The number of ether oxygens (including phenoxy) is 2. The Morgan fingerprint density at radius 1 is 1.53 bits per heavy atom. The van der Waals surface area contributed by atoms with Crippen molar-refractivity contribution in [3.8, 4) is 5.75 Å². The van der Waals surface area contributed by atoms with Crippen LogP contribution in [0.15, 0.2) is 23.1 Å². The number of hydrogen-bond acceptors (Lipinski definition) is 4. The highest BCUT2D eigenvalue weighted by Gasteiger charge is 2.21. The summed E-state index contributed by atoms with van der Waals surface area (Å²) in [7, 11) is -1.99. The molecule has 1 aliphatic rings. The third-order valence-electron chi connectivity index (χ3n) is 2.96. The molecule has 0 radical (unpaired) electrons. The Bertz CT molecular complexity index is 541. The summed E-state index contributed by atoms with van der Waals surface area (Å²) in [6.45, 7) is 1.03. The van der Waals surface area contributed by atoms with Gasteiger partial charge in [0.05, 0.1) is 21.7 Å². The van der Waals surface area contributed by atoms with Gasteiger partial charge in [-0.25, -0.2) is 13.1 Å². The lowest BCUT2D eigenvalue weighted by Gasteiger charge is -2.12. The van der Waals surface area contributed by atoms with Crippen LogP contribution in [0.4, 0.5) is 0 Å². The molecular formula is C12H16INO4S. The van der Waals surface area contributed by atoms with Crippen molar-refractivity contribution in [1.29, 1.82) is 0 Å². The summed E-state index contributed by atoms with van der Waals surface area (Å²) >= 11 is 2.10. The van der Waals surface area contributed by atoms with Crippen molar-refractivity contribution in [3.63, 3.8) is 0 Å². The fourth-order valence-electron chi connectivity index (χ4n) is 1.90. The van der Waals surface area contributed by atoms with E-state index in [1.165, 1.54) is 13.2 Å². The Kier molecular flexibility index (Phi) is 5.04. The molecule has 0 spiro atoms. The van der Waals surface area contributed by atoms with E-state index < -0.39 is 10.0 Å². The average Bonchev–Trinajstić information content (AvgIpc) is 2.90. The van der Waals surface area contributed by atoms with Crippen molar-refractivity contribution in [3.05, 3.63) is 21.8 Å². The smallest absolute Gasteiger partial charge is 0.240 e. The SMILES string of the molecule is COc1cc(S(=O)(=O)NC[C@H]2CCCO2)ccc1I. The minimum atomic E-state index is -3.51. The van der Waals surface area contributed by atoms with E-state index in [-0.39, 0.29) is 11.0 Å². The molecule has 2 rings (SSSR count). The lowest BCUT2D eigenvalue weighted by Crippen LogP contribution is -2.31. The summed E-state index contributed by atoms with van der Waals surface area (Å²) in [6, 6.07) is 4.82. The molecule has 0 saturated carbocycles. The second-order valence-corrected chi connectivity index (χ2v) is 7.21. The maximum atomic E-state index is 12.1. The molecule has 1 aliphatic heterocycles. The van der Waals surface area contributed by atoms with Crippen LogP contribution < -0.4 is 9.46 Å². The first-order valence-electron chi connectivity index (χ1n) is 5.98. The van der Waals surface area contributed by atoms with Crippen LogP contribution in [-0.2, 0) is 14.8 Å². The van der Waals surface area contributed by atoms with E-state index in [1.54, 1.807) is 12.1 Å². The summed E-state index contributed by atoms with van der Waals surface area (Å²) in [6.07, 6.45) is 1.88. The van der Waals surface area contributed by atoms with Crippen LogP contribution in [0.5, 0.6) is 5.75 Å². The number of benzene rings is 1. The summed E-state index contributed by atoms with van der Waals surface area (Å²) in [4.78, 5) is 0.211. The quantitative estimate of drug-likeness (QED) is 0.770. The Hall–Kier alpha value is -0.380. The maximum absolute atomic E-state index is 12.1. The number of methoxy groups -OCH3 is 1. The largest absolute Gasteiger partial charge is 0.496 e. The zero-order chi connectivity index (χ0) is 13.9. The standard InChI is InChI=1S/C12H16INO4S/c1-17-12-7-10(4-5-11(12)13)19(15,16)14-8-9-3-2-6-18-9/h4-5,7,9,14H,2-3,6,8H2,1H3/t9-/m1/s1. The van der Waals surface area contributed by atoms with E-state index >= 15 is 0 Å². The fraction of sp³-hybridized carbons (Fsp3) is 0.500. The Morgan fingerprint density at radius 2 is 2.32 bits per heavy atom. The third-order valence-corrected chi connectivity index (χ3v) is 5.27. The van der Waals surface area contributed by atoms with Crippen LogP contribution in [0.25, 0.3) is 0 Å². The van der Waals surface area contributed by atoms with Gasteiger partial charge >= 0.3 is 0 Å². The molecule has 0 amide bonds. The van der Waals surface area contributed by atoms with Crippen molar-refractivity contribution in [2.45, 2.75) is 23.8 Å². The van der Waals surface area contributed by atoms with E-state index in [2.05, 4.69) is 27.3 Å². The van der Waals surface area contributed by atoms with Crippen molar-refractivity contribution in [2.24, 2.45) is 0 Å². The lowest BCUT2D eigenvalue weighted by molar-refractivity contribution is 0.114. The van der Waals surface area contributed by atoms with Gasteiger partial charge < -0.3 is 9.47 Å². The molecule has 1 atom stereocenters. The summed E-state index contributed by atoms with van der Waals surface area (Å²) in [5.41, 5.74) is 0. The van der Waals surface area contributed by atoms with Crippen LogP contribution in [0.3, 0.4) is 0 Å². The molecule has 7 heteroatoms. The molecule has 19 heavy (non-hydrogen) atoms. The van der Waals surface area contributed by atoms with Gasteiger partial charge in [-0.2, -0.15) is 0 Å². The zero-order valence-electron chi connectivity index (χ0n) is 10.6. The molecule has 0 bridgehead atoms. The fourth-order valence-corrected chi connectivity index (χ4v) is 3.54. The summed E-state index contributed by atoms with van der Waals surface area (Å²) in [5, 5.41) is 0. The second kappa shape index (κ2) is 6.38. The number of rotatable bonds is 5. The maximum Gasteiger partial charge on any atom is 0.240 e. The first-order chi connectivity index (χ1) is 9.03. The van der Waals surface area contributed by atoms with Gasteiger partial charge in [0.2, 0.25) is 10.0 Å². The molecule has 0 aromatic heterocycles. The van der Waals surface area contributed by atoms with Gasteiger partial charge in [-0.3, -0.25) is 0 Å². The van der Waals surface area contributed by atoms with Crippen LogP contribution in [0, 0.1) is 3.57 Å². The normalized spacial score (nSPS) is 19.6. The van der Waals surface area contributed by atoms with Crippen molar-refractivity contribution in [1.82, 2.24) is 4.72 Å². The van der Waals surface area contributed by atoms with E-state index in [0.717, 1.165) is 16.4 Å². The Balaban J connectivity index is 2.10. The van der Waals surface area contributed by atoms with Crippen LogP contribution >= 0.6 is 22.6 Å². The number of sulfonamides is 1. The highest BCUT2D eigenvalue weighted by Crippen LogP contribution is 2.24. The monoisotopic (exact) mass is 397 g/mol. The van der Waals surface area contributed by atoms with Crippen molar-refractivity contribution < 1.29 is 17.9 Å². The topological polar surface area (TPSA) is 64.6 Å². The highest BCUT2D eigenvalue weighted by atomic mass is 127. The molecule has 0 unspecified atom stereocenters. The molecule has 1 aromatic rings. The number of nitrogens with one attached hydrogen (secondary N) is 1. The van der Waals surface area contributed by atoms with Crippen LogP contribution in [0.2, 0.25) is 0 Å². The Morgan fingerprint density at radius 3 is 2.95 bits per heavy atom. The van der Waals surface area contributed by atoms with Crippen molar-refractivity contribution in [2.75, 3.05) is 20.3 Å².